The molecule has 2 fully saturated rings. The highest BCUT2D eigenvalue weighted by molar-refractivity contribution is 5.69. The maximum atomic E-state index is 14.6. The molecule has 1 aromatic heterocycles. The molecule has 0 aliphatic carbocycles. The van der Waals surface area contributed by atoms with Gasteiger partial charge in [-0.15, -0.1) is 0 Å². The van der Waals surface area contributed by atoms with Crippen LogP contribution in [0.4, 0.5) is 15.8 Å². The molecule has 0 saturated carbocycles. The van der Waals surface area contributed by atoms with Crippen LogP contribution in [0.2, 0.25) is 0 Å². The van der Waals surface area contributed by atoms with E-state index in [9.17, 15) is 14.3 Å². The number of carbonyl (C=O) groups is 1. The summed E-state index contributed by atoms with van der Waals surface area (Å²) in [5, 5.41) is 9.53. The zero-order chi connectivity index (χ0) is 28.6. The average Bonchev–Trinajstić information content (AvgIpc) is 3.23. The number of methoxy groups -OCH3 is 1. The molecule has 0 spiro atoms. The highest BCUT2D eigenvalue weighted by Gasteiger charge is 2.41. The lowest BCUT2D eigenvalue weighted by Gasteiger charge is -2.38. The van der Waals surface area contributed by atoms with Gasteiger partial charge in [-0.25, -0.2) is 9.37 Å². The lowest BCUT2D eigenvalue weighted by molar-refractivity contribution is -0.137. The van der Waals surface area contributed by atoms with Gasteiger partial charge in [-0.05, 0) is 31.5 Å². The Balaban J connectivity index is 1.37. The first-order valence-corrected chi connectivity index (χ1v) is 14.2. The molecule has 9 nitrogen and oxygen atoms in total. The highest BCUT2D eigenvalue weighted by Crippen LogP contribution is 2.35. The maximum absolute atomic E-state index is 14.6. The van der Waals surface area contributed by atoms with E-state index in [-0.39, 0.29) is 42.3 Å². The number of anilines is 2. The predicted octanol–water partition coefficient (Wildman–Crippen LogP) is 4.63. The molecule has 4 rings (SSSR count). The van der Waals surface area contributed by atoms with Gasteiger partial charge >= 0.3 is 5.97 Å². The molecular weight excluding hydrogens is 517 g/mol. The number of aromatic nitrogens is 1. The van der Waals surface area contributed by atoms with Crippen LogP contribution in [0.15, 0.2) is 36.5 Å². The molecule has 0 bridgehead atoms. The third kappa shape index (κ3) is 7.34. The molecular formula is C30H42FN3O6. The molecule has 5 atom stereocenters. The summed E-state index contributed by atoms with van der Waals surface area (Å²) in [6.45, 7) is 9.71. The van der Waals surface area contributed by atoms with Crippen LogP contribution in [0.5, 0.6) is 11.6 Å². The summed E-state index contributed by atoms with van der Waals surface area (Å²) in [7, 11) is 1.66. The number of hydrogen-bond donors (Lipinski definition) is 1. The topological polar surface area (TPSA) is 93.6 Å². The van der Waals surface area contributed by atoms with Crippen molar-refractivity contribution in [2.45, 2.75) is 58.3 Å². The van der Waals surface area contributed by atoms with Gasteiger partial charge < -0.3 is 33.9 Å². The van der Waals surface area contributed by atoms with Crippen molar-refractivity contribution in [3.8, 4) is 11.6 Å². The quantitative estimate of drug-likeness (QED) is 0.353. The van der Waals surface area contributed by atoms with Crippen molar-refractivity contribution in [3.05, 3.63) is 42.3 Å². The van der Waals surface area contributed by atoms with Crippen LogP contribution >= 0.6 is 0 Å². The highest BCUT2D eigenvalue weighted by atomic mass is 19.1. The van der Waals surface area contributed by atoms with Crippen molar-refractivity contribution in [2.24, 2.45) is 11.8 Å². The standard InChI is InChI=1S/C30H42FN3O6/c1-5-38-23-8-9-24(31)26(15-23)33-12-11-27(20(2)18-33)40-29-10-7-22(17-32-29)34-19-28(39-14-6-13-37-4)21(3)25(34)16-30(35)36/h7-10,15,17,20-21,25,27-28H,5-6,11-14,16,18-19H2,1-4H3,(H,35,36)/t20?,21-,25-,27?,28-/m0/s1. The third-order valence-corrected chi connectivity index (χ3v) is 7.90. The van der Waals surface area contributed by atoms with E-state index in [0.717, 1.165) is 18.5 Å². The van der Waals surface area contributed by atoms with E-state index in [1.54, 1.807) is 25.4 Å². The van der Waals surface area contributed by atoms with Gasteiger partial charge in [0.05, 0.1) is 36.7 Å². The van der Waals surface area contributed by atoms with Gasteiger partial charge in [0, 0.05) is 76.4 Å². The molecule has 2 aliphatic heterocycles. The van der Waals surface area contributed by atoms with Crippen molar-refractivity contribution in [1.29, 1.82) is 0 Å². The van der Waals surface area contributed by atoms with Crippen LogP contribution in [0.3, 0.4) is 0 Å². The lowest BCUT2D eigenvalue weighted by atomic mass is 9.96. The van der Waals surface area contributed by atoms with Crippen LogP contribution in [0.25, 0.3) is 0 Å². The minimum atomic E-state index is -0.834. The Hall–Kier alpha value is -3.11. The number of benzene rings is 1. The zero-order valence-electron chi connectivity index (χ0n) is 23.9. The number of nitrogens with zero attached hydrogens (tertiary/aromatic N) is 3. The first-order valence-electron chi connectivity index (χ1n) is 14.2. The van der Waals surface area contributed by atoms with Gasteiger partial charge in [-0.1, -0.05) is 13.8 Å². The van der Waals surface area contributed by atoms with Crippen LogP contribution in [0, 0.1) is 17.7 Å². The molecule has 2 unspecified atom stereocenters. The minimum Gasteiger partial charge on any atom is -0.494 e. The van der Waals surface area contributed by atoms with Gasteiger partial charge in [0.1, 0.15) is 17.7 Å². The number of halogens is 1. The monoisotopic (exact) mass is 559 g/mol. The minimum absolute atomic E-state index is 0.0293. The van der Waals surface area contributed by atoms with Crippen LogP contribution in [-0.2, 0) is 14.3 Å². The number of aliphatic carboxylic acids is 1. The molecule has 1 aromatic carbocycles. The summed E-state index contributed by atoms with van der Waals surface area (Å²) in [4.78, 5) is 20.3. The summed E-state index contributed by atoms with van der Waals surface area (Å²) in [6, 6.07) is 8.46. The Morgan fingerprint density at radius 3 is 2.65 bits per heavy atom. The summed E-state index contributed by atoms with van der Waals surface area (Å²) >= 11 is 0. The van der Waals surface area contributed by atoms with Crippen LogP contribution in [-0.4, -0.2) is 80.9 Å². The van der Waals surface area contributed by atoms with Crippen LogP contribution in [0.1, 0.15) is 40.0 Å². The first-order chi connectivity index (χ1) is 19.3. The molecule has 2 aliphatic rings. The normalized spacial score (nSPS) is 24.8. The zero-order valence-corrected chi connectivity index (χ0v) is 23.9. The van der Waals surface area contributed by atoms with Crippen molar-refractivity contribution < 1.29 is 33.2 Å². The predicted molar refractivity (Wildman–Crippen MR) is 151 cm³/mol. The number of ether oxygens (including phenoxy) is 4. The van der Waals surface area contributed by atoms with E-state index in [4.69, 9.17) is 18.9 Å². The Kier molecular flexibility index (Phi) is 10.4. The largest absolute Gasteiger partial charge is 0.494 e. The molecule has 0 amide bonds. The van der Waals surface area contributed by atoms with Gasteiger partial charge in [0.15, 0.2) is 0 Å². The fraction of sp³-hybridized carbons (Fsp3) is 0.600. The molecule has 3 heterocycles. The Morgan fingerprint density at radius 1 is 1.15 bits per heavy atom. The van der Waals surface area contributed by atoms with E-state index < -0.39 is 5.97 Å². The van der Waals surface area contributed by atoms with E-state index >= 15 is 0 Å². The van der Waals surface area contributed by atoms with E-state index in [1.807, 2.05) is 30.9 Å². The summed E-state index contributed by atoms with van der Waals surface area (Å²) < 4.78 is 37.6. The second kappa shape index (κ2) is 14.0. The summed E-state index contributed by atoms with van der Waals surface area (Å²) in [6.07, 6.45) is 3.18. The fourth-order valence-electron chi connectivity index (χ4n) is 5.72. The maximum Gasteiger partial charge on any atom is 0.305 e. The van der Waals surface area contributed by atoms with Crippen molar-refractivity contribution >= 4 is 17.3 Å². The van der Waals surface area contributed by atoms with Gasteiger partial charge in [-0.3, -0.25) is 4.79 Å². The van der Waals surface area contributed by atoms with Crippen molar-refractivity contribution in [2.75, 3.05) is 56.4 Å². The van der Waals surface area contributed by atoms with E-state index in [2.05, 4.69) is 16.8 Å². The lowest BCUT2D eigenvalue weighted by Crippen LogP contribution is -2.44. The second-order valence-electron chi connectivity index (χ2n) is 10.7. The molecule has 10 heteroatoms. The first kappa shape index (κ1) is 29.9. The SMILES string of the molecule is CCOc1ccc(F)c(N2CCC(Oc3ccc(N4C[C@H](OCCCOC)[C@@H](C)[C@@H]4CC(=O)O)cn3)C(C)C2)c1. The average molecular weight is 560 g/mol. The molecule has 220 valence electrons. The fourth-order valence-corrected chi connectivity index (χ4v) is 5.72. The van der Waals surface area contributed by atoms with Crippen LogP contribution < -0.4 is 19.3 Å². The number of piperidine rings is 1. The smallest absolute Gasteiger partial charge is 0.305 e. The number of hydrogen-bond acceptors (Lipinski definition) is 8. The number of carboxylic acids is 1. The third-order valence-electron chi connectivity index (χ3n) is 7.90. The van der Waals surface area contributed by atoms with Crippen molar-refractivity contribution in [3.63, 3.8) is 0 Å². The van der Waals surface area contributed by atoms with Gasteiger partial charge in [0.25, 0.3) is 0 Å². The summed E-state index contributed by atoms with van der Waals surface area (Å²) in [5.41, 5.74) is 1.40. The number of pyridine rings is 1. The van der Waals surface area contributed by atoms with Crippen molar-refractivity contribution in [1.82, 2.24) is 4.98 Å². The second-order valence-corrected chi connectivity index (χ2v) is 10.7. The van der Waals surface area contributed by atoms with Gasteiger partial charge in [0.2, 0.25) is 5.88 Å². The molecule has 1 N–H and O–H groups in total. The summed E-state index contributed by atoms with van der Waals surface area (Å²) in [5.74, 6) is 0.302. The Morgan fingerprint density at radius 2 is 1.98 bits per heavy atom. The van der Waals surface area contributed by atoms with E-state index in [0.29, 0.717) is 56.8 Å². The molecule has 40 heavy (non-hydrogen) atoms. The molecule has 0 radical (unpaired) electrons. The Labute approximate surface area is 236 Å². The number of rotatable bonds is 13. The van der Waals surface area contributed by atoms with E-state index in [1.165, 1.54) is 6.07 Å². The molecule has 2 saturated heterocycles. The van der Waals surface area contributed by atoms with Gasteiger partial charge in [-0.2, -0.15) is 0 Å². The number of carboxylic acid groups (broad SMARTS) is 1. The molecule has 2 aromatic rings. The Bertz CT molecular complexity index is 1100.